The van der Waals surface area contributed by atoms with Crippen molar-refractivity contribution in [1.82, 2.24) is 4.31 Å². The Bertz CT molecular complexity index is 389. The Hall–Kier alpha value is -0.660. The molecule has 0 aromatic heterocycles. The van der Waals surface area contributed by atoms with Crippen molar-refractivity contribution >= 4 is 16.0 Å². The molecule has 1 aliphatic carbocycles. The van der Waals surface area contributed by atoms with Crippen molar-refractivity contribution in [3.8, 4) is 0 Å². The molecule has 0 amide bonds. The van der Waals surface area contributed by atoms with Crippen LogP contribution < -0.4 is 0 Å². The summed E-state index contributed by atoms with van der Waals surface area (Å²) in [5.74, 6) is -0.989. The van der Waals surface area contributed by atoms with Crippen LogP contribution in [0, 0.1) is 5.92 Å². The number of aliphatic hydroxyl groups excluding tert-OH is 1. The fourth-order valence-electron chi connectivity index (χ4n) is 1.99. The van der Waals surface area contributed by atoms with Gasteiger partial charge in [0.2, 0.25) is 10.0 Å². The van der Waals surface area contributed by atoms with Gasteiger partial charge in [-0.3, -0.25) is 4.79 Å². The Morgan fingerprint density at radius 3 is 2.50 bits per heavy atom. The molecular formula is C9H15NO5S. The lowest BCUT2D eigenvalue weighted by atomic mass is 10.2. The molecule has 0 spiro atoms. The highest BCUT2D eigenvalue weighted by molar-refractivity contribution is 7.89. The summed E-state index contributed by atoms with van der Waals surface area (Å²) in [7, 11) is -3.53. The van der Waals surface area contributed by atoms with Gasteiger partial charge in [0, 0.05) is 13.0 Å². The van der Waals surface area contributed by atoms with Gasteiger partial charge in [0.1, 0.15) is 6.04 Å². The molecule has 6 nitrogen and oxygen atoms in total. The first-order valence-corrected chi connectivity index (χ1v) is 6.91. The smallest absolute Gasteiger partial charge is 0.322 e. The zero-order valence-electron chi connectivity index (χ0n) is 8.74. The molecule has 2 atom stereocenters. The summed E-state index contributed by atoms with van der Waals surface area (Å²) in [4.78, 5) is 10.9. The van der Waals surface area contributed by atoms with Gasteiger partial charge in [0.25, 0.3) is 0 Å². The predicted molar refractivity (Wildman–Crippen MR) is 55.3 cm³/mol. The van der Waals surface area contributed by atoms with Gasteiger partial charge in [0.15, 0.2) is 0 Å². The Morgan fingerprint density at radius 1 is 1.38 bits per heavy atom. The van der Waals surface area contributed by atoms with Crippen LogP contribution in [0.15, 0.2) is 0 Å². The van der Waals surface area contributed by atoms with Gasteiger partial charge in [-0.25, -0.2) is 8.42 Å². The van der Waals surface area contributed by atoms with Crippen molar-refractivity contribution in [2.24, 2.45) is 5.92 Å². The lowest BCUT2D eigenvalue weighted by molar-refractivity contribution is -0.140. The van der Waals surface area contributed by atoms with Crippen molar-refractivity contribution in [3.63, 3.8) is 0 Å². The average Bonchev–Trinajstić information content (AvgIpc) is 2.84. The van der Waals surface area contributed by atoms with Gasteiger partial charge in [-0.1, -0.05) is 0 Å². The van der Waals surface area contributed by atoms with E-state index in [4.69, 9.17) is 5.11 Å². The summed E-state index contributed by atoms with van der Waals surface area (Å²) in [6, 6.07) is -1.10. The maximum Gasteiger partial charge on any atom is 0.322 e. The molecule has 0 bridgehead atoms. The maximum atomic E-state index is 11.9. The lowest BCUT2D eigenvalue weighted by Crippen LogP contribution is -2.42. The highest BCUT2D eigenvalue weighted by Crippen LogP contribution is 2.33. The molecule has 7 heteroatoms. The molecule has 2 aliphatic rings. The lowest BCUT2D eigenvalue weighted by Gasteiger charge is -2.20. The third kappa shape index (κ3) is 2.36. The molecule has 0 radical (unpaired) electrons. The molecule has 0 aromatic carbocycles. The average molecular weight is 249 g/mol. The maximum absolute atomic E-state index is 11.9. The van der Waals surface area contributed by atoms with Crippen LogP contribution in [0.1, 0.15) is 19.3 Å². The van der Waals surface area contributed by atoms with Crippen molar-refractivity contribution in [2.75, 3.05) is 12.3 Å². The molecular weight excluding hydrogens is 234 g/mol. The van der Waals surface area contributed by atoms with Gasteiger partial charge in [-0.2, -0.15) is 4.31 Å². The SMILES string of the molecule is O=C(O)[C@H]1C[C@@H](O)CN1S(=O)(=O)CC1CC1. The van der Waals surface area contributed by atoms with Crippen LogP contribution in [0.5, 0.6) is 0 Å². The number of carbonyl (C=O) groups is 1. The monoisotopic (exact) mass is 249 g/mol. The number of hydrogen-bond acceptors (Lipinski definition) is 4. The third-order valence-electron chi connectivity index (χ3n) is 3.02. The molecule has 2 N–H and O–H groups in total. The molecule has 1 aliphatic heterocycles. The first-order chi connectivity index (χ1) is 7.40. The van der Waals surface area contributed by atoms with E-state index >= 15 is 0 Å². The summed E-state index contributed by atoms with van der Waals surface area (Å²) in [5.41, 5.74) is 0. The van der Waals surface area contributed by atoms with Crippen molar-refractivity contribution in [3.05, 3.63) is 0 Å². The summed E-state index contributed by atoms with van der Waals surface area (Å²) >= 11 is 0. The number of sulfonamides is 1. The molecule has 1 heterocycles. The normalized spacial score (nSPS) is 31.8. The van der Waals surface area contributed by atoms with Crippen LogP contribution in [0.3, 0.4) is 0 Å². The number of aliphatic hydroxyl groups is 1. The predicted octanol–water partition coefficient (Wildman–Crippen LogP) is -0.754. The van der Waals surface area contributed by atoms with Gasteiger partial charge in [-0.05, 0) is 18.8 Å². The Balaban J connectivity index is 2.14. The van der Waals surface area contributed by atoms with Gasteiger partial charge in [-0.15, -0.1) is 0 Å². The molecule has 0 aromatic rings. The standard InChI is InChI=1S/C9H15NO5S/c11-7-3-8(9(12)13)10(4-7)16(14,15)5-6-1-2-6/h6-8,11H,1-5H2,(H,12,13)/t7-,8-/m1/s1. The van der Waals surface area contributed by atoms with E-state index in [0.717, 1.165) is 17.1 Å². The number of aliphatic carboxylic acids is 1. The third-order valence-corrected chi connectivity index (χ3v) is 5.03. The molecule has 1 saturated carbocycles. The second-order valence-electron chi connectivity index (χ2n) is 4.54. The molecule has 16 heavy (non-hydrogen) atoms. The van der Waals surface area contributed by atoms with Gasteiger partial charge < -0.3 is 10.2 Å². The Kier molecular flexibility index (Phi) is 2.93. The molecule has 2 rings (SSSR count). The minimum absolute atomic E-state index is 0.0147. The van der Waals surface area contributed by atoms with Gasteiger partial charge in [0.05, 0.1) is 11.9 Å². The fraction of sp³-hybridized carbons (Fsp3) is 0.889. The topological polar surface area (TPSA) is 94.9 Å². The van der Waals surface area contributed by atoms with Crippen LogP contribution in [0.4, 0.5) is 0 Å². The van der Waals surface area contributed by atoms with E-state index in [1.165, 1.54) is 0 Å². The van der Waals surface area contributed by atoms with E-state index in [1.807, 2.05) is 0 Å². The number of rotatable bonds is 4. The van der Waals surface area contributed by atoms with Crippen LogP contribution in [-0.4, -0.2) is 53.3 Å². The first kappa shape index (κ1) is 11.8. The largest absolute Gasteiger partial charge is 0.480 e. The second kappa shape index (κ2) is 3.97. The van der Waals surface area contributed by atoms with Crippen molar-refractivity contribution in [1.29, 1.82) is 0 Å². The summed E-state index contributed by atoms with van der Waals surface area (Å²) in [5, 5.41) is 18.3. The molecule has 92 valence electrons. The summed E-state index contributed by atoms with van der Waals surface area (Å²) in [6.07, 6.45) is 0.912. The minimum atomic E-state index is -3.53. The zero-order valence-corrected chi connectivity index (χ0v) is 9.56. The number of nitrogens with zero attached hydrogens (tertiary/aromatic N) is 1. The van der Waals surface area contributed by atoms with Crippen LogP contribution >= 0.6 is 0 Å². The van der Waals surface area contributed by atoms with E-state index in [1.54, 1.807) is 0 Å². The first-order valence-electron chi connectivity index (χ1n) is 5.30. The number of carboxylic acids is 1. The zero-order chi connectivity index (χ0) is 11.9. The summed E-state index contributed by atoms with van der Waals surface area (Å²) in [6.45, 7) is -0.0913. The number of β-amino-alcohol motifs (C(OH)–C–C–N with tert-alkyl or cyclic N) is 1. The minimum Gasteiger partial charge on any atom is -0.480 e. The van der Waals surface area contributed by atoms with Gasteiger partial charge >= 0.3 is 5.97 Å². The molecule has 0 unspecified atom stereocenters. The van der Waals surface area contributed by atoms with Crippen LogP contribution in [-0.2, 0) is 14.8 Å². The molecule has 2 fully saturated rings. The van der Waals surface area contributed by atoms with Crippen LogP contribution in [0.2, 0.25) is 0 Å². The van der Waals surface area contributed by atoms with E-state index in [0.29, 0.717) is 0 Å². The van der Waals surface area contributed by atoms with E-state index in [-0.39, 0.29) is 24.6 Å². The van der Waals surface area contributed by atoms with Crippen LogP contribution in [0.25, 0.3) is 0 Å². The van der Waals surface area contributed by atoms with E-state index < -0.39 is 28.1 Å². The molecule has 1 saturated heterocycles. The van der Waals surface area contributed by atoms with E-state index in [2.05, 4.69) is 0 Å². The number of hydrogen-bond donors (Lipinski definition) is 2. The quantitative estimate of drug-likeness (QED) is 0.683. The highest BCUT2D eigenvalue weighted by atomic mass is 32.2. The highest BCUT2D eigenvalue weighted by Gasteiger charge is 2.44. The summed E-state index contributed by atoms with van der Waals surface area (Å²) < 4.78 is 24.7. The van der Waals surface area contributed by atoms with Crippen molar-refractivity contribution in [2.45, 2.75) is 31.4 Å². The fourth-order valence-corrected chi connectivity index (χ4v) is 4.08. The second-order valence-corrected chi connectivity index (χ2v) is 6.50. The van der Waals surface area contributed by atoms with E-state index in [9.17, 15) is 18.3 Å². The van der Waals surface area contributed by atoms with Crippen molar-refractivity contribution < 1.29 is 23.4 Å². The Labute approximate surface area is 93.9 Å². The Morgan fingerprint density at radius 2 is 2.00 bits per heavy atom. The number of carboxylic acid groups (broad SMARTS) is 1.